The van der Waals surface area contributed by atoms with Crippen molar-refractivity contribution in [3.8, 4) is 0 Å². The molecular weight excluding hydrogens is 328 g/mol. The number of ether oxygens (including phenoxy) is 3. The van der Waals surface area contributed by atoms with Crippen molar-refractivity contribution in [1.29, 1.82) is 0 Å². The smallest absolute Gasteiger partial charge is 0.333 e. The lowest BCUT2D eigenvalue weighted by Crippen LogP contribution is -2.63. The number of rotatable bonds is 7. The van der Waals surface area contributed by atoms with Crippen molar-refractivity contribution in [2.24, 2.45) is 17.8 Å². The molecule has 5 fully saturated rings. The van der Waals surface area contributed by atoms with Crippen molar-refractivity contribution in [3.63, 3.8) is 0 Å². The minimum atomic E-state index is -0.321. The van der Waals surface area contributed by atoms with Gasteiger partial charge in [-0.05, 0) is 64.2 Å². The predicted molar refractivity (Wildman–Crippen MR) is 99.7 cm³/mol. The van der Waals surface area contributed by atoms with Gasteiger partial charge in [-0.15, -0.1) is 0 Å². The molecule has 4 aliphatic carbocycles. The molecule has 1 heterocycles. The van der Waals surface area contributed by atoms with Crippen molar-refractivity contribution in [1.82, 2.24) is 0 Å². The zero-order chi connectivity index (χ0) is 18.5. The standard InChI is InChI=1S/C22H34O4/c1-5-6-19-18(12-24-19)15(4)25-21-8-16-7-17(9-21)11-22(10-16,13-21)26-20(23)14(2)3/h15-19H,2,5-13H2,1,3-4H3. The van der Waals surface area contributed by atoms with Crippen LogP contribution in [-0.4, -0.2) is 36.0 Å². The lowest BCUT2D eigenvalue weighted by molar-refractivity contribution is -0.265. The van der Waals surface area contributed by atoms with E-state index >= 15 is 0 Å². The number of carbonyl (C=O) groups is 1. The molecule has 4 nitrogen and oxygen atoms in total. The molecule has 146 valence electrons. The predicted octanol–water partition coefficient (Wildman–Crippen LogP) is 4.42. The summed E-state index contributed by atoms with van der Waals surface area (Å²) in [5, 5.41) is 0. The highest BCUT2D eigenvalue weighted by Crippen LogP contribution is 2.60. The van der Waals surface area contributed by atoms with Gasteiger partial charge in [0.05, 0.1) is 24.4 Å². The molecule has 0 spiro atoms. The van der Waals surface area contributed by atoms with Crippen molar-refractivity contribution in [3.05, 3.63) is 12.2 Å². The summed E-state index contributed by atoms with van der Waals surface area (Å²) in [6.07, 6.45) is 9.27. The minimum absolute atomic E-state index is 0.106. The fourth-order valence-corrected chi connectivity index (χ4v) is 6.48. The van der Waals surface area contributed by atoms with E-state index in [2.05, 4.69) is 20.4 Å². The Morgan fingerprint density at radius 2 is 1.88 bits per heavy atom. The summed E-state index contributed by atoms with van der Waals surface area (Å²) in [7, 11) is 0. The molecule has 4 saturated carbocycles. The topological polar surface area (TPSA) is 44.8 Å². The zero-order valence-electron chi connectivity index (χ0n) is 16.6. The lowest BCUT2D eigenvalue weighted by atomic mass is 9.52. The number of hydrogen-bond acceptors (Lipinski definition) is 4. The Morgan fingerprint density at radius 3 is 2.42 bits per heavy atom. The van der Waals surface area contributed by atoms with E-state index in [0.717, 1.165) is 51.6 Å². The van der Waals surface area contributed by atoms with E-state index in [9.17, 15) is 4.79 Å². The van der Waals surface area contributed by atoms with Crippen LogP contribution in [0, 0.1) is 17.8 Å². The number of esters is 1. The first-order chi connectivity index (χ1) is 12.3. The molecule has 5 unspecified atom stereocenters. The summed E-state index contributed by atoms with van der Waals surface area (Å²) in [6, 6.07) is 0. The molecule has 0 aromatic carbocycles. The van der Waals surface area contributed by atoms with E-state index < -0.39 is 0 Å². The summed E-state index contributed by atoms with van der Waals surface area (Å²) in [4.78, 5) is 12.3. The van der Waals surface area contributed by atoms with E-state index in [0.29, 0.717) is 29.4 Å². The molecule has 5 atom stereocenters. The highest BCUT2D eigenvalue weighted by atomic mass is 16.6. The third-order valence-corrected chi connectivity index (χ3v) is 7.20. The highest BCUT2D eigenvalue weighted by Gasteiger charge is 2.61. The fourth-order valence-electron chi connectivity index (χ4n) is 6.48. The Hall–Kier alpha value is -0.870. The van der Waals surface area contributed by atoms with Crippen LogP contribution in [0.1, 0.15) is 72.1 Å². The second-order valence-electron chi connectivity index (χ2n) is 9.64. The maximum absolute atomic E-state index is 12.3. The van der Waals surface area contributed by atoms with Crippen LogP contribution in [0.5, 0.6) is 0 Å². The molecule has 1 aliphatic heterocycles. The van der Waals surface area contributed by atoms with Crippen molar-refractivity contribution in [2.45, 2.75) is 95.5 Å². The van der Waals surface area contributed by atoms with Gasteiger partial charge < -0.3 is 14.2 Å². The van der Waals surface area contributed by atoms with Crippen molar-refractivity contribution < 1.29 is 19.0 Å². The molecule has 0 radical (unpaired) electrons. The molecule has 0 N–H and O–H groups in total. The highest BCUT2D eigenvalue weighted by molar-refractivity contribution is 5.87. The van der Waals surface area contributed by atoms with Gasteiger partial charge in [-0.25, -0.2) is 4.79 Å². The summed E-state index contributed by atoms with van der Waals surface area (Å²) >= 11 is 0. The Morgan fingerprint density at radius 1 is 1.23 bits per heavy atom. The van der Waals surface area contributed by atoms with Crippen LogP contribution in [0.25, 0.3) is 0 Å². The van der Waals surface area contributed by atoms with E-state index in [-0.39, 0.29) is 23.3 Å². The summed E-state index contributed by atoms with van der Waals surface area (Å²) < 4.78 is 18.6. The van der Waals surface area contributed by atoms with Gasteiger partial charge in [0, 0.05) is 17.9 Å². The van der Waals surface area contributed by atoms with Crippen LogP contribution in [0.3, 0.4) is 0 Å². The first kappa shape index (κ1) is 18.5. The maximum Gasteiger partial charge on any atom is 0.333 e. The third kappa shape index (κ3) is 3.24. The zero-order valence-corrected chi connectivity index (χ0v) is 16.6. The van der Waals surface area contributed by atoms with Gasteiger partial charge in [0.25, 0.3) is 0 Å². The van der Waals surface area contributed by atoms with Gasteiger partial charge in [0.15, 0.2) is 0 Å². The Balaban J connectivity index is 1.47. The second kappa shape index (κ2) is 6.63. The van der Waals surface area contributed by atoms with Crippen LogP contribution >= 0.6 is 0 Å². The van der Waals surface area contributed by atoms with Crippen molar-refractivity contribution in [2.75, 3.05) is 6.61 Å². The fraction of sp³-hybridized carbons (Fsp3) is 0.864. The van der Waals surface area contributed by atoms with Crippen LogP contribution in [0.2, 0.25) is 0 Å². The van der Waals surface area contributed by atoms with Gasteiger partial charge >= 0.3 is 5.97 Å². The largest absolute Gasteiger partial charge is 0.456 e. The molecule has 26 heavy (non-hydrogen) atoms. The van der Waals surface area contributed by atoms with E-state index in [1.54, 1.807) is 6.92 Å². The molecule has 5 rings (SSSR count). The molecule has 1 saturated heterocycles. The lowest BCUT2D eigenvalue weighted by Gasteiger charge is -2.61. The SMILES string of the molecule is C=C(C)C(=O)OC12CC3CC(C1)CC(OC(C)C1COC1CCC)(C3)C2. The van der Waals surface area contributed by atoms with Gasteiger partial charge in [-0.3, -0.25) is 0 Å². The number of hydrogen-bond donors (Lipinski definition) is 0. The molecule has 4 bridgehead atoms. The summed E-state index contributed by atoms with van der Waals surface area (Å²) in [6.45, 7) is 10.8. The Bertz CT molecular complexity index is 569. The molecule has 0 aromatic heterocycles. The van der Waals surface area contributed by atoms with E-state index in [1.807, 2.05) is 0 Å². The number of carbonyl (C=O) groups excluding carboxylic acids is 1. The molecule has 4 heteroatoms. The minimum Gasteiger partial charge on any atom is -0.456 e. The average Bonchev–Trinajstić information content (AvgIpc) is 2.48. The van der Waals surface area contributed by atoms with Crippen molar-refractivity contribution >= 4 is 5.97 Å². The van der Waals surface area contributed by atoms with Crippen LogP contribution < -0.4 is 0 Å². The maximum atomic E-state index is 12.3. The van der Waals surface area contributed by atoms with Gasteiger partial charge in [0.1, 0.15) is 5.60 Å². The quantitative estimate of drug-likeness (QED) is 0.497. The first-order valence-corrected chi connectivity index (χ1v) is 10.5. The van der Waals surface area contributed by atoms with E-state index in [4.69, 9.17) is 14.2 Å². The van der Waals surface area contributed by atoms with Gasteiger partial charge in [-0.2, -0.15) is 0 Å². The van der Waals surface area contributed by atoms with Gasteiger partial charge in [0.2, 0.25) is 0 Å². The van der Waals surface area contributed by atoms with Crippen LogP contribution in [0.15, 0.2) is 12.2 Å². The van der Waals surface area contributed by atoms with Gasteiger partial charge in [-0.1, -0.05) is 19.9 Å². The average molecular weight is 363 g/mol. The molecule has 5 aliphatic rings. The first-order valence-electron chi connectivity index (χ1n) is 10.5. The third-order valence-electron chi connectivity index (χ3n) is 7.20. The summed E-state index contributed by atoms with van der Waals surface area (Å²) in [5.74, 6) is 1.54. The monoisotopic (exact) mass is 362 g/mol. The Kier molecular flexibility index (Phi) is 4.71. The molecule has 0 aromatic rings. The summed E-state index contributed by atoms with van der Waals surface area (Å²) in [5.41, 5.74) is 0.0716. The van der Waals surface area contributed by atoms with Crippen LogP contribution in [-0.2, 0) is 19.0 Å². The Labute approximate surface area is 157 Å². The normalized spacial score (nSPS) is 44.4. The molecular formula is C22H34O4. The second-order valence-corrected chi connectivity index (χ2v) is 9.64. The van der Waals surface area contributed by atoms with Crippen LogP contribution in [0.4, 0.5) is 0 Å². The van der Waals surface area contributed by atoms with E-state index in [1.165, 1.54) is 6.42 Å². The molecule has 0 amide bonds.